The number of nitrogens with zero attached hydrogens (tertiary/aromatic N) is 2. The minimum absolute atomic E-state index is 0.117. The summed E-state index contributed by atoms with van der Waals surface area (Å²) >= 11 is 0. The highest BCUT2D eigenvalue weighted by Gasteiger charge is 2.19. The number of carbonyl (C=O) groups excluding carboxylic acids is 1. The smallest absolute Gasteiger partial charge is 0.270 e. The van der Waals surface area contributed by atoms with Crippen LogP contribution >= 0.6 is 0 Å². The number of amides is 1. The monoisotopic (exact) mass is 352 g/mol. The van der Waals surface area contributed by atoms with Gasteiger partial charge in [0.15, 0.2) is 0 Å². The van der Waals surface area contributed by atoms with Crippen LogP contribution in [0.1, 0.15) is 68.3 Å². The molecule has 0 bridgehead atoms. The Balaban J connectivity index is 1.73. The van der Waals surface area contributed by atoms with Gasteiger partial charge >= 0.3 is 0 Å². The Bertz CT molecular complexity index is 772. The first kappa shape index (κ1) is 18.4. The molecule has 0 aliphatic heterocycles. The van der Waals surface area contributed by atoms with Crippen LogP contribution in [-0.4, -0.2) is 21.9 Å². The van der Waals surface area contributed by atoms with E-state index >= 15 is 0 Å². The summed E-state index contributed by atoms with van der Waals surface area (Å²) in [6.45, 7) is 8.38. The van der Waals surface area contributed by atoms with Crippen LogP contribution in [0.4, 0.5) is 11.5 Å². The van der Waals surface area contributed by atoms with Crippen LogP contribution in [0.15, 0.2) is 30.3 Å². The lowest BCUT2D eigenvalue weighted by atomic mass is 9.87. The summed E-state index contributed by atoms with van der Waals surface area (Å²) in [5.41, 5.74) is 2.75. The van der Waals surface area contributed by atoms with Crippen molar-refractivity contribution in [1.82, 2.24) is 15.3 Å². The number of hydrogen-bond donors (Lipinski definition) is 2. The van der Waals surface area contributed by atoms with Crippen LogP contribution in [0.2, 0.25) is 0 Å². The van der Waals surface area contributed by atoms with Crippen molar-refractivity contribution in [3.8, 4) is 0 Å². The highest BCUT2D eigenvalue weighted by molar-refractivity contribution is 5.93. The fraction of sp³-hybridized carbons (Fsp3) is 0.476. The van der Waals surface area contributed by atoms with Gasteiger partial charge in [0.1, 0.15) is 17.3 Å². The molecule has 1 fully saturated rings. The molecule has 0 unspecified atom stereocenters. The molecule has 1 aliphatic carbocycles. The molecule has 2 aromatic rings. The molecule has 1 saturated carbocycles. The first-order chi connectivity index (χ1) is 12.3. The largest absolute Gasteiger partial charge is 0.348 e. The van der Waals surface area contributed by atoms with Gasteiger partial charge in [0.2, 0.25) is 0 Å². The number of nitrogens with one attached hydrogen (secondary N) is 2. The molecule has 1 aliphatic rings. The van der Waals surface area contributed by atoms with E-state index in [-0.39, 0.29) is 17.4 Å². The first-order valence-corrected chi connectivity index (χ1v) is 9.35. The third-order valence-electron chi connectivity index (χ3n) is 4.78. The van der Waals surface area contributed by atoms with Gasteiger partial charge in [0, 0.05) is 17.8 Å². The zero-order chi connectivity index (χ0) is 18.7. The number of benzene rings is 1. The first-order valence-electron chi connectivity index (χ1n) is 9.35. The minimum atomic E-state index is -0.117. The van der Waals surface area contributed by atoms with Crippen molar-refractivity contribution in [1.29, 1.82) is 0 Å². The highest BCUT2D eigenvalue weighted by atomic mass is 16.1. The van der Waals surface area contributed by atoms with Gasteiger partial charge in [0.25, 0.3) is 5.91 Å². The van der Waals surface area contributed by atoms with E-state index in [1.54, 1.807) is 13.0 Å². The number of hydrogen-bond acceptors (Lipinski definition) is 4. The SMILES string of the molecule is Cc1nc(Nc2ccc(C(C)(C)C)cc2)cc(C(=O)NC2CCCC2)n1. The molecule has 5 nitrogen and oxygen atoms in total. The van der Waals surface area contributed by atoms with Crippen molar-refractivity contribution in [3.63, 3.8) is 0 Å². The van der Waals surface area contributed by atoms with E-state index in [2.05, 4.69) is 53.5 Å². The van der Waals surface area contributed by atoms with Gasteiger partial charge in [-0.05, 0) is 42.9 Å². The Hall–Kier alpha value is -2.43. The molecule has 26 heavy (non-hydrogen) atoms. The second-order valence-electron chi connectivity index (χ2n) is 8.09. The number of carbonyl (C=O) groups is 1. The van der Waals surface area contributed by atoms with Crippen LogP contribution in [0.25, 0.3) is 0 Å². The second kappa shape index (κ2) is 7.44. The number of aryl methyl sites for hydroxylation is 1. The summed E-state index contributed by atoms with van der Waals surface area (Å²) in [7, 11) is 0. The Morgan fingerprint density at radius 3 is 2.35 bits per heavy atom. The zero-order valence-corrected chi connectivity index (χ0v) is 16.1. The van der Waals surface area contributed by atoms with Gasteiger partial charge < -0.3 is 10.6 Å². The van der Waals surface area contributed by atoms with Crippen molar-refractivity contribution in [2.24, 2.45) is 0 Å². The third kappa shape index (κ3) is 4.59. The molecule has 5 heteroatoms. The molecule has 1 aromatic heterocycles. The van der Waals surface area contributed by atoms with Gasteiger partial charge in [-0.15, -0.1) is 0 Å². The van der Waals surface area contributed by atoms with Gasteiger partial charge in [-0.1, -0.05) is 45.7 Å². The molecule has 0 saturated heterocycles. The maximum absolute atomic E-state index is 12.5. The Morgan fingerprint density at radius 2 is 1.73 bits per heavy atom. The van der Waals surface area contributed by atoms with Crippen molar-refractivity contribution in [2.75, 3.05) is 5.32 Å². The summed E-state index contributed by atoms with van der Waals surface area (Å²) in [5, 5.41) is 6.36. The van der Waals surface area contributed by atoms with Gasteiger partial charge in [0.05, 0.1) is 0 Å². The lowest BCUT2D eigenvalue weighted by molar-refractivity contribution is 0.0932. The fourth-order valence-electron chi connectivity index (χ4n) is 3.28. The molecule has 0 spiro atoms. The summed E-state index contributed by atoms with van der Waals surface area (Å²) in [4.78, 5) is 21.2. The number of rotatable bonds is 4. The predicted molar refractivity (Wildman–Crippen MR) is 105 cm³/mol. The molecule has 138 valence electrons. The summed E-state index contributed by atoms with van der Waals surface area (Å²) in [5.74, 6) is 1.10. The van der Waals surface area contributed by atoms with E-state index in [4.69, 9.17) is 0 Å². The molecular formula is C21H28N4O. The number of aromatic nitrogens is 2. The van der Waals surface area contributed by atoms with Gasteiger partial charge in [-0.2, -0.15) is 0 Å². The van der Waals surface area contributed by atoms with Crippen LogP contribution in [0.5, 0.6) is 0 Å². The average Bonchev–Trinajstić information content (AvgIpc) is 3.07. The van der Waals surface area contributed by atoms with Crippen molar-refractivity contribution < 1.29 is 4.79 Å². The van der Waals surface area contributed by atoms with Gasteiger partial charge in [-0.3, -0.25) is 4.79 Å². The van der Waals surface area contributed by atoms with Crippen molar-refractivity contribution >= 4 is 17.4 Å². The Morgan fingerprint density at radius 1 is 1.08 bits per heavy atom. The maximum Gasteiger partial charge on any atom is 0.270 e. The van der Waals surface area contributed by atoms with E-state index in [0.717, 1.165) is 18.5 Å². The Kier molecular flexibility index (Phi) is 5.25. The lowest BCUT2D eigenvalue weighted by Crippen LogP contribution is -2.33. The summed E-state index contributed by atoms with van der Waals surface area (Å²) in [6.07, 6.45) is 4.48. The molecule has 0 radical (unpaired) electrons. The predicted octanol–water partition coefficient (Wildman–Crippen LogP) is 4.50. The molecule has 1 heterocycles. The normalized spacial score (nSPS) is 15.1. The lowest BCUT2D eigenvalue weighted by Gasteiger charge is -2.19. The summed E-state index contributed by atoms with van der Waals surface area (Å²) in [6, 6.07) is 10.3. The molecule has 2 N–H and O–H groups in total. The van der Waals surface area contributed by atoms with E-state index < -0.39 is 0 Å². The fourth-order valence-corrected chi connectivity index (χ4v) is 3.28. The third-order valence-corrected chi connectivity index (χ3v) is 4.78. The van der Waals surface area contributed by atoms with Crippen LogP contribution in [-0.2, 0) is 5.41 Å². The van der Waals surface area contributed by atoms with Crippen LogP contribution < -0.4 is 10.6 Å². The van der Waals surface area contributed by atoms with Crippen LogP contribution in [0.3, 0.4) is 0 Å². The molecule has 1 amide bonds. The summed E-state index contributed by atoms with van der Waals surface area (Å²) < 4.78 is 0. The average molecular weight is 352 g/mol. The van der Waals surface area contributed by atoms with Crippen molar-refractivity contribution in [2.45, 2.75) is 64.8 Å². The van der Waals surface area contributed by atoms with Crippen molar-refractivity contribution in [3.05, 3.63) is 47.4 Å². The standard InChI is InChI=1S/C21H28N4O/c1-14-22-18(20(26)25-16-7-5-6-8-16)13-19(23-14)24-17-11-9-15(10-12-17)21(2,3)4/h9-13,16H,5-8H2,1-4H3,(H,25,26)(H,22,23,24). The molecule has 3 rings (SSSR count). The highest BCUT2D eigenvalue weighted by Crippen LogP contribution is 2.25. The topological polar surface area (TPSA) is 66.9 Å². The quantitative estimate of drug-likeness (QED) is 0.850. The van der Waals surface area contributed by atoms with E-state index in [9.17, 15) is 4.79 Å². The van der Waals surface area contributed by atoms with E-state index in [1.165, 1.54) is 18.4 Å². The Labute approximate surface area is 155 Å². The number of anilines is 2. The van der Waals surface area contributed by atoms with E-state index in [0.29, 0.717) is 17.3 Å². The minimum Gasteiger partial charge on any atom is -0.348 e. The van der Waals surface area contributed by atoms with Gasteiger partial charge in [-0.25, -0.2) is 9.97 Å². The second-order valence-corrected chi connectivity index (χ2v) is 8.09. The maximum atomic E-state index is 12.5. The van der Waals surface area contributed by atoms with E-state index in [1.807, 2.05) is 12.1 Å². The molecule has 1 aromatic carbocycles. The van der Waals surface area contributed by atoms with Crippen LogP contribution in [0, 0.1) is 6.92 Å². The molecule has 0 atom stereocenters. The molecular weight excluding hydrogens is 324 g/mol. The zero-order valence-electron chi connectivity index (χ0n) is 16.1.